The molecule has 2 aromatic rings. The number of benzene rings is 2. The molecule has 0 aromatic heterocycles. The fourth-order valence-electron chi connectivity index (χ4n) is 4.40. The Labute approximate surface area is 179 Å². The van der Waals surface area contributed by atoms with Crippen molar-refractivity contribution >= 4 is 18.0 Å². The fraction of sp³-hybridized carbons (Fsp3) is 0.375. The van der Waals surface area contributed by atoms with E-state index in [0.29, 0.717) is 25.7 Å². The highest BCUT2D eigenvalue weighted by atomic mass is 16.5. The Morgan fingerprint density at radius 1 is 0.935 bits per heavy atom. The first-order valence-electron chi connectivity index (χ1n) is 10.6. The fourth-order valence-corrected chi connectivity index (χ4v) is 4.40. The van der Waals surface area contributed by atoms with E-state index < -0.39 is 23.0 Å². The van der Waals surface area contributed by atoms with Gasteiger partial charge in [-0.25, -0.2) is 4.79 Å². The average molecular weight is 420 g/mol. The van der Waals surface area contributed by atoms with E-state index in [2.05, 4.69) is 22.8 Å². The lowest BCUT2D eigenvalue weighted by Crippen LogP contribution is -2.50. The Hall–Kier alpha value is -3.35. The monoisotopic (exact) mass is 420 g/mol. The van der Waals surface area contributed by atoms with E-state index in [9.17, 15) is 19.5 Å². The molecule has 31 heavy (non-hydrogen) atoms. The van der Waals surface area contributed by atoms with Crippen molar-refractivity contribution in [2.45, 2.75) is 37.1 Å². The predicted molar refractivity (Wildman–Crippen MR) is 112 cm³/mol. The SMILES string of the molecule is O=C(NC1(C(=O)NCC2(C(=O)O)CC2)CC1)OCC1c2ccccc2-c2ccccc21. The molecule has 2 fully saturated rings. The molecule has 0 radical (unpaired) electrons. The number of rotatable bonds is 7. The highest BCUT2D eigenvalue weighted by molar-refractivity contribution is 5.93. The summed E-state index contributed by atoms with van der Waals surface area (Å²) >= 11 is 0. The van der Waals surface area contributed by atoms with Crippen LogP contribution in [-0.2, 0) is 14.3 Å². The quantitative estimate of drug-likeness (QED) is 0.639. The molecular formula is C24H24N2O5. The van der Waals surface area contributed by atoms with Gasteiger partial charge in [0.25, 0.3) is 0 Å². The van der Waals surface area contributed by atoms with Crippen LogP contribution in [0.25, 0.3) is 11.1 Å². The summed E-state index contributed by atoms with van der Waals surface area (Å²) in [7, 11) is 0. The van der Waals surface area contributed by atoms with Gasteiger partial charge in [0, 0.05) is 12.5 Å². The van der Waals surface area contributed by atoms with Crippen LogP contribution >= 0.6 is 0 Å². The van der Waals surface area contributed by atoms with E-state index in [1.807, 2.05) is 36.4 Å². The van der Waals surface area contributed by atoms with Crippen molar-refractivity contribution in [3.8, 4) is 11.1 Å². The molecule has 0 atom stereocenters. The Kier molecular flexibility index (Phi) is 4.50. The predicted octanol–water partition coefficient (Wildman–Crippen LogP) is 3.04. The molecule has 3 aliphatic rings. The number of fused-ring (bicyclic) bond motifs is 3. The molecule has 7 heteroatoms. The second kappa shape index (κ2) is 7.11. The van der Waals surface area contributed by atoms with E-state index in [4.69, 9.17) is 4.74 Å². The number of hydrogen-bond donors (Lipinski definition) is 3. The van der Waals surface area contributed by atoms with Gasteiger partial charge in [0.2, 0.25) is 5.91 Å². The summed E-state index contributed by atoms with van der Waals surface area (Å²) in [5, 5.41) is 14.7. The number of hydrogen-bond acceptors (Lipinski definition) is 4. The zero-order valence-electron chi connectivity index (χ0n) is 17.0. The van der Waals surface area contributed by atoms with Gasteiger partial charge in [0.15, 0.2) is 0 Å². The maximum Gasteiger partial charge on any atom is 0.408 e. The molecule has 0 bridgehead atoms. The molecule has 7 nitrogen and oxygen atoms in total. The lowest BCUT2D eigenvalue weighted by molar-refractivity contribution is -0.143. The van der Waals surface area contributed by atoms with Gasteiger partial charge < -0.3 is 20.5 Å². The maximum atomic E-state index is 12.6. The summed E-state index contributed by atoms with van der Waals surface area (Å²) in [6.07, 6.45) is 1.53. The third-order valence-electron chi connectivity index (χ3n) is 6.76. The van der Waals surface area contributed by atoms with Crippen LogP contribution in [-0.4, -0.2) is 41.8 Å². The number of carbonyl (C=O) groups is 3. The third kappa shape index (κ3) is 3.44. The van der Waals surface area contributed by atoms with Crippen LogP contribution in [0, 0.1) is 5.41 Å². The van der Waals surface area contributed by atoms with Crippen molar-refractivity contribution in [2.24, 2.45) is 5.41 Å². The molecular weight excluding hydrogens is 396 g/mol. The molecule has 0 unspecified atom stereocenters. The first-order chi connectivity index (χ1) is 14.9. The summed E-state index contributed by atoms with van der Waals surface area (Å²) in [5.74, 6) is -1.27. The molecule has 0 aliphatic heterocycles. The van der Waals surface area contributed by atoms with E-state index in [1.54, 1.807) is 0 Å². The standard InChI is InChI=1S/C24H24N2O5/c27-20(25-14-23(9-10-23)21(28)29)24(11-12-24)26-22(30)31-13-19-17-7-3-1-5-15(17)16-6-2-4-8-18(16)19/h1-8,19H,9-14H2,(H,25,27)(H,26,30)(H,28,29). The van der Waals surface area contributed by atoms with Crippen molar-refractivity contribution < 1.29 is 24.2 Å². The van der Waals surface area contributed by atoms with Crippen LogP contribution < -0.4 is 10.6 Å². The molecule has 2 aromatic carbocycles. The van der Waals surface area contributed by atoms with Crippen molar-refractivity contribution in [1.82, 2.24) is 10.6 Å². The minimum atomic E-state index is -0.989. The average Bonchev–Trinajstić information content (AvgIpc) is 3.69. The van der Waals surface area contributed by atoms with Gasteiger partial charge in [-0.1, -0.05) is 48.5 Å². The van der Waals surface area contributed by atoms with Crippen LogP contribution in [0.4, 0.5) is 4.79 Å². The van der Waals surface area contributed by atoms with Crippen LogP contribution in [0.15, 0.2) is 48.5 Å². The smallest absolute Gasteiger partial charge is 0.408 e. The van der Waals surface area contributed by atoms with E-state index in [1.165, 1.54) is 0 Å². The molecule has 3 aliphatic carbocycles. The largest absolute Gasteiger partial charge is 0.481 e. The van der Waals surface area contributed by atoms with Gasteiger partial charge in [0.05, 0.1) is 5.41 Å². The van der Waals surface area contributed by atoms with E-state index >= 15 is 0 Å². The minimum absolute atomic E-state index is 0.0487. The number of amides is 2. The lowest BCUT2D eigenvalue weighted by atomic mass is 9.98. The first-order valence-corrected chi connectivity index (χ1v) is 10.6. The summed E-state index contributed by atoms with van der Waals surface area (Å²) in [6.45, 7) is 0.273. The highest BCUT2D eigenvalue weighted by Gasteiger charge is 2.54. The van der Waals surface area contributed by atoms with Crippen LogP contribution in [0.1, 0.15) is 42.7 Å². The van der Waals surface area contributed by atoms with Crippen molar-refractivity contribution in [1.29, 1.82) is 0 Å². The Morgan fingerprint density at radius 2 is 1.52 bits per heavy atom. The Morgan fingerprint density at radius 3 is 2.03 bits per heavy atom. The Bertz CT molecular complexity index is 1030. The van der Waals surface area contributed by atoms with Gasteiger partial charge in [-0.05, 0) is 47.9 Å². The molecule has 2 saturated carbocycles. The van der Waals surface area contributed by atoms with Crippen LogP contribution in [0.5, 0.6) is 0 Å². The topological polar surface area (TPSA) is 105 Å². The first kappa shape index (κ1) is 19.6. The molecule has 0 heterocycles. The number of aliphatic carboxylic acids is 1. The summed E-state index contributed by atoms with van der Waals surface area (Å²) in [5.41, 5.74) is 2.72. The van der Waals surface area contributed by atoms with Crippen LogP contribution in [0.3, 0.4) is 0 Å². The maximum absolute atomic E-state index is 12.6. The number of carbonyl (C=O) groups excluding carboxylic acids is 2. The number of nitrogens with one attached hydrogen (secondary N) is 2. The van der Waals surface area contributed by atoms with Gasteiger partial charge in [-0.2, -0.15) is 0 Å². The molecule has 0 saturated heterocycles. The van der Waals surface area contributed by atoms with Gasteiger partial charge >= 0.3 is 12.1 Å². The van der Waals surface area contributed by atoms with Crippen LogP contribution in [0.2, 0.25) is 0 Å². The summed E-state index contributed by atoms with van der Waals surface area (Å²) < 4.78 is 5.54. The zero-order chi connectivity index (χ0) is 21.6. The number of carboxylic acids is 1. The molecule has 5 rings (SSSR count). The normalized spacial score (nSPS) is 19.0. The van der Waals surface area contributed by atoms with E-state index in [0.717, 1.165) is 22.3 Å². The second-order valence-corrected chi connectivity index (χ2v) is 8.80. The van der Waals surface area contributed by atoms with Crippen molar-refractivity contribution in [2.75, 3.05) is 13.2 Å². The number of ether oxygens (including phenoxy) is 1. The van der Waals surface area contributed by atoms with Gasteiger partial charge in [0.1, 0.15) is 12.1 Å². The summed E-state index contributed by atoms with van der Waals surface area (Å²) in [4.78, 5) is 36.4. The molecule has 160 valence electrons. The molecule has 2 amide bonds. The van der Waals surface area contributed by atoms with Gasteiger partial charge in [-0.3, -0.25) is 9.59 Å². The minimum Gasteiger partial charge on any atom is -0.481 e. The summed E-state index contributed by atoms with van der Waals surface area (Å²) in [6, 6.07) is 16.2. The lowest BCUT2D eigenvalue weighted by Gasteiger charge is -2.20. The van der Waals surface area contributed by atoms with Crippen molar-refractivity contribution in [3.63, 3.8) is 0 Å². The molecule has 3 N–H and O–H groups in total. The number of alkyl carbamates (subject to hydrolysis) is 1. The Balaban J connectivity index is 1.20. The zero-order valence-corrected chi connectivity index (χ0v) is 17.0. The highest BCUT2D eigenvalue weighted by Crippen LogP contribution is 2.46. The number of carboxylic acid groups (broad SMARTS) is 1. The second-order valence-electron chi connectivity index (χ2n) is 8.80. The van der Waals surface area contributed by atoms with E-state index in [-0.39, 0.29) is 25.0 Å². The van der Waals surface area contributed by atoms with Gasteiger partial charge in [-0.15, -0.1) is 0 Å². The third-order valence-corrected chi connectivity index (χ3v) is 6.76. The van der Waals surface area contributed by atoms with Crippen molar-refractivity contribution in [3.05, 3.63) is 59.7 Å². The molecule has 0 spiro atoms.